The van der Waals surface area contributed by atoms with Crippen LogP contribution in [0.5, 0.6) is 0 Å². The predicted molar refractivity (Wildman–Crippen MR) is 307 cm³/mol. The van der Waals surface area contributed by atoms with Crippen LogP contribution in [0.1, 0.15) is 97.6 Å². The quantitative estimate of drug-likeness (QED) is 0.0172. The first-order valence-electron chi connectivity index (χ1n) is 28.7. The van der Waals surface area contributed by atoms with E-state index in [2.05, 4.69) is 10.0 Å². The van der Waals surface area contributed by atoms with Gasteiger partial charge in [-0.1, -0.05) is 238 Å². The molecule has 0 aromatic heterocycles. The summed E-state index contributed by atoms with van der Waals surface area (Å²) in [6.45, 7) is 2.64. The fourth-order valence-corrected chi connectivity index (χ4v) is 10.1. The Bertz CT molecular complexity index is 2590. The molecule has 2 aliphatic heterocycles. The maximum atomic E-state index is 12.4. The smallest absolute Gasteiger partial charge is 0.187 e. The molecule has 14 nitrogen and oxygen atoms in total. The molecule has 8 rings (SSSR count). The third-order valence-corrected chi connectivity index (χ3v) is 14.4. The lowest BCUT2D eigenvalue weighted by atomic mass is 9.96. The van der Waals surface area contributed by atoms with Crippen LogP contribution in [0.4, 0.5) is 0 Å². The second-order valence-electron chi connectivity index (χ2n) is 20.6. The fraction of sp³-hybridized carbons (Fsp3) is 0.455. The summed E-state index contributed by atoms with van der Waals surface area (Å²) in [7, 11) is 0. The van der Waals surface area contributed by atoms with Crippen LogP contribution in [0, 0.1) is 0 Å². The first-order valence-corrected chi connectivity index (χ1v) is 28.7. The van der Waals surface area contributed by atoms with E-state index in [-0.39, 0.29) is 39.6 Å². The molecule has 10 atom stereocenters. The summed E-state index contributed by atoms with van der Waals surface area (Å²) < 4.78 is 69.1. The van der Waals surface area contributed by atoms with Crippen molar-refractivity contribution in [1.29, 1.82) is 0 Å². The lowest BCUT2D eigenvalue weighted by Crippen LogP contribution is -2.66. The van der Waals surface area contributed by atoms with Crippen molar-refractivity contribution in [3.05, 3.63) is 226 Å². The maximum Gasteiger partial charge on any atom is 0.187 e. The van der Waals surface area contributed by atoms with Crippen LogP contribution in [-0.4, -0.2) is 92.9 Å². The van der Waals surface area contributed by atoms with Gasteiger partial charge in [0.15, 0.2) is 12.6 Å². The fourth-order valence-electron chi connectivity index (χ4n) is 10.1. The summed E-state index contributed by atoms with van der Waals surface area (Å²) in [6.07, 6.45) is 1.59. The van der Waals surface area contributed by atoms with Gasteiger partial charge in [0.2, 0.25) is 0 Å². The van der Waals surface area contributed by atoms with Crippen LogP contribution in [0.15, 0.2) is 187 Å². The molecule has 0 amide bonds. The zero-order valence-corrected chi connectivity index (χ0v) is 46.1. The molecule has 80 heavy (non-hydrogen) atoms. The molecule has 0 bridgehead atoms. The summed E-state index contributed by atoms with van der Waals surface area (Å²) >= 11 is 0. The largest absolute Gasteiger partial charge is 0.387 e. The summed E-state index contributed by atoms with van der Waals surface area (Å²) in [6, 6.07) is 59.8. The Kier molecular flexibility index (Phi) is 26.5. The topological polar surface area (TPSA) is 161 Å². The Morgan fingerprint density at radius 1 is 0.375 bits per heavy atom. The van der Waals surface area contributed by atoms with E-state index in [1.165, 1.54) is 19.3 Å². The molecule has 2 aliphatic rings. The zero-order valence-electron chi connectivity index (χ0n) is 46.1. The molecule has 0 aliphatic carbocycles. The van der Waals surface area contributed by atoms with Crippen molar-refractivity contribution < 1.29 is 52.5 Å². The monoisotopic (exact) mass is 1090 g/mol. The van der Waals surface area contributed by atoms with E-state index in [0.717, 1.165) is 78.3 Å². The molecular formula is C66H81N3O11. The lowest BCUT2D eigenvalue weighted by molar-refractivity contribution is -0.375. The minimum atomic E-state index is -1.18. The summed E-state index contributed by atoms with van der Waals surface area (Å²) in [5, 5.41) is 16.1. The van der Waals surface area contributed by atoms with Gasteiger partial charge in [-0.15, -0.1) is 0 Å². The molecular weight excluding hydrogens is 1010 g/mol. The first kappa shape index (κ1) is 60.3. The maximum absolute atomic E-state index is 12.4. The van der Waals surface area contributed by atoms with Gasteiger partial charge in [-0.25, -0.2) is 0 Å². The molecule has 6 aromatic rings. The van der Waals surface area contributed by atoms with Crippen molar-refractivity contribution in [3.63, 3.8) is 0 Å². The number of unbranched alkanes of at least 4 members (excludes halogenated alkanes) is 9. The van der Waals surface area contributed by atoms with E-state index < -0.39 is 61.4 Å². The van der Waals surface area contributed by atoms with Crippen LogP contribution in [-0.2, 0) is 87.0 Å². The molecule has 2 fully saturated rings. The number of benzene rings is 6. The normalized spacial score (nSPS) is 22.9. The van der Waals surface area contributed by atoms with Gasteiger partial charge in [0.1, 0.15) is 48.8 Å². The summed E-state index contributed by atoms with van der Waals surface area (Å²) in [5.41, 5.74) is 14.3. The molecule has 0 spiro atoms. The average molecular weight is 1090 g/mol. The van der Waals surface area contributed by atoms with Crippen molar-refractivity contribution in [3.8, 4) is 0 Å². The molecule has 14 heteroatoms. The number of aliphatic hydroxyl groups is 1. The van der Waals surface area contributed by atoms with Crippen LogP contribution in [0.3, 0.4) is 0 Å². The van der Waals surface area contributed by atoms with E-state index in [1.807, 2.05) is 182 Å². The van der Waals surface area contributed by atoms with Gasteiger partial charge in [-0.05, 0) is 51.8 Å². The summed E-state index contributed by atoms with van der Waals surface area (Å²) in [4.78, 5) is 2.85. The number of ether oxygens (including phenoxy) is 10. The Labute approximate surface area is 473 Å². The third-order valence-electron chi connectivity index (χ3n) is 14.4. The van der Waals surface area contributed by atoms with E-state index in [0.29, 0.717) is 26.4 Å². The number of nitrogens with zero attached hydrogens (tertiary/aromatic N) is 3. The highest BCUT2D eigenvalue weighted by Crippen LogP contribution is 2.36. The van der Waals surface area contributed by atoms with Crippen LogP contribution in [0.25, 0.3) is 10.4 Å². The standard InChI is InChI=1S/C66H81N3O11/c67-69-68-41-27-7-5-3-1-2-4-6-8-28-42-73-65-64(77-48-56-39-25-14-26-40-56)62(75-46-54-35-21-12-22-36-54)60(58(79-65)50-72-44-52-31-17-10-18-32-52)80-66-63(76-47-55-37-23-13-24-38-55)61(74-45-53-33-19-11-20-34-53)59(70)57(78-66)49-71-43-51-29-15-9-16-30-51/h9-26,29-40,57-66,70H,1-8,27-28,41-50H2/t57-,58-,59+,60-,61+,62+,63-,64-,65-,66+/m1/s1. The van der Waals surface area contributed by atoms with Gasteiger partial charge < -0.3 is 52.5 Å². The van der Waals surface area contributed by atoms with E-state index >= 15 is 0 Å². The van der Waals surface area contributed by atoms with E-state index in [1.54, 1.807) is 0 Å². The Balaban J connectivity index is 1.09. The number of hydrogen-bond acceptors (Lipinski definition) is 12. The number of azide groups is 1. The molecule has 6 aromatic carbocycles. The Morgan fingerprint density at radius 2 is 0.725 bits per heavy atom. The predicted octanol–water partition coefficient (Wildman–Crippen LogP) is 13.2. The van der Waals surface area contributed by atoms with Crippen molar-refractivity contribution >= 4 is 0 Å². The minimum Gasteiger partial charge on any atom is -0.387 e. The molecule has 0 saturated carbocycles. The number of rotatable bonds is 36. The van der Waals surface area contributed by atoms with Crippen LogP contribution in [0.2, 0.25) is 0 Å². The SMILES string of the molecule is [N-]=[N+]=NCCCCCCCCCCCCO[C@@H]1O[C@H](COCc2ccccc2)[C@@H](O[C@@H]2O[C@H](COCc3ccccc3)[C@H](O)[C@H](OCc3ccccc3)[C@H]2OCc2ccccc2)[C@H](OCc2ccccc2)[C@H]1OCc1ccccc1. The average Bonchev–Trinajstić information content (AvgIpc) is 3.70. The molecule has 426 valence electrons. The minimum absolute atomic E-state index is 0.0330. The number of hydrogen-bond donors (Lipinski definition) is 1. The van der Waals surface area contributed by atoms with Gasteiger partial charge in [-0.2, -0.15) is 0 Å². The molecule has 0 radical (unpaired) electrons. The van der Waals surface area contributed by atoms with Crippen LogP contribution < -0.4 is 0 Å². The molecule has 1 N–H and O–H groups in total. The second-order valence-corrected chi connectivity index (χ2v) is 20.6. The molecule has 0 unspecified atom stereocenters. The highest BCUT2D eigenvalue weighted by molar-refractivity contribution is 5.18. The van der Waals surface area contributed by atoms with Crippen molar-refractivity contribution in [2.24, 2.45) is 5.11 Å². The Morgan fingerprint density at radius 3 is 1.16 bits per heavy atom. The van der Waals surface area contributed by atoms with Crippen molar-refractivity contribution in [2.75, 3.05) is 26.4 Å². The Hall–Kier alpha value is -5.81. The number of aliphatic hydroxyl groups excluding tert-OH is 1. The van der Waals surface area contributed by atoms with E-state index in [4.69, 9.17) is 52.9 Å². The summed E-state index contributed by atoms with van der Waals surface area (Å²) in [5.74, 6) is 0. The van der Waals surface area contributed by atoms with E-state index in [9.17, 15) is 5.11 Å². The van der Waals surface area contributed by atoms with Crippen LogP contribution >= 0.6 is 0 Å². The lowest BCUT2D eigenvalue weighted by Gasteiger charge is -2.49. The van der Waals surface area contributed by atoms with Gasteiger partial charge >= 0.3 is 0 Å². The molecule has 2 heterocycles. The van der Waals surface area contributed by atoms with Gasteiger partial charge in [0, 0.05) is 18.1 Å². The van der Waals surface area contributed by atoms with Crippen molar-refractivity contribution in [2.45, 2.75) is 165 Å². The highest BCUT2D eigenvalue weighted by atomic mass is 16.8. The van der Waals surface area contributed by atoms with Gasteiger partial charge in [-0.3, -0.25) is 0 Å². The van der Waals surface area contributed by atoms with Gasteiger partial charge in [0.25, 0.3) is 0 Å². The second kappa shape index (κ2) is 35.1. The highest BCUT2D eigenvalue weighted by Gasteiger charge is 2.54. The zero-order chi connectivity index (χ0) is 55.1. The van der Waals surface area contributed by atoms with Crippen molar-refractivity contribution in [1.82, 2.24) is 0 Å². The molecule has 2 saturated heterocycles. The third kappa shape index (κ3) is 20.3. The van der Waals surface area contributed by atoms with Gasteiger partial charge in [0.05, 0.1) is 52.9 Å². The first-order chi connectivity index (χ1) is 39.6.